The zero-order chi connectivity index (χ0) is 18.6. The Balaban J connectivity index is 2.41. The number of nitrogens with zero attached hydrogens (tertiary/aromatic N) is 1. The molecule has 8 heteroatoms. The van der Waals surface area contributed by atoms with Crippen LogP contribution in [0.2, 0.25) is 0 Å². The standard InChI is InChI=1S/C16H32N2O5S/c1-15(2,3)23-14(19)18-11-7-13(8-12-18)24(21,22)17-10-6-9-16(4,5)20/h13,17,20H,6-12H2,1-5H3. The number of aliphatic hydroxyl groups is 1. The average molecular weight is 365 g/mol. The third kappa shape index (κ3) is 7.81. The summed E-state index contributed by atoms with van der Waals surface area (Å²) in [6, 6.07) is 0. The van der Waals surface area contributed by atoms with Gasteiger partial charge < -0.3 is 14.7 Å². The van der Waals surface area contributed by atoms with E-state index >= 15 is 0 Å². The summed E-state index contributed by atoms with van der Waals surface area (Å²) in [5, 5.41) is 9.14. The number of carbonyl (C=O) groups is 1. The molecule has 1 heterocycles. The van der Waals surface area contributed by atoms with Crippen LogP contribution >= 0.6 is 0 Å². The van der Waals surface area contributed by atoms with E-state index in [1.165, 1.54) is 0 Å². The van der Waals surface area contributed by atoms with Gasteiger partial charge >= 0.3 is 6.09 Å². The van der Waals surface area contributed by atoms with Crippen LogP contribution in [-0.2, 0) is 14.8 Å². The van der Waals surface area contributed by atoms with Crippen molar-refractivity contribution in [3.8, 4) is 0 Å². The lowest BCUT2D eigenvalue weighted by Gasteiger charge is -2.33. The first-order valence-corrected chi connectivity index (χ1v) is 10.0. The number of nitrogens with one attached hydrogen (secondary N) is 1. The molecule has 24 heavy (non-hydrogen) atoms. The number of piperidine rings is 1. The summed E-state index contributed by atoms with van der Waals surface area (Å²) in [7, 11) is -3.40. The minimum atomic E-state index is -3.40. The summed E-state index contributed by atoms with van der Waals surface area (Å²) in [6.07, 6.45) is 1.53. The van der Waals surface area contributed by atoms with Gasteiger partial charge in [-0.3, -0.25) is 0 Å². The maximum absolute atomic E-state index is 12.3. The van der Waals surface area contributed by atoms with E-state index in [1.54, 1.807) is 39.5 Å². The van der Waals surface area contributed by atoms with Crippen LogP contribution in [0, 0.1) is 0 Å². The molecule has 0 unspecified atom stereocenters. The molecule has 1 saturated heterocycles. The Morgan fingerprint density at radius 2 is 1.75 bits per heavy atom. The molecule has 0 aromatic heterocycles. The minimum Gasteiger partial charge on any atom is -0.444 e. The molecule has 0 spiro atoms. The van der Waals surface area contributed by atoms with Crippen LogP contribution in [0.25, 0.3) is 0 Å². The topological polar surface area (TPSA) is 95.9 Å². The molecule has 2 N–H and O–H groups in total. The van der Waals surface area contributed by atoms with Gasteiger partial charge in [0.15, 0.2) is 0 Å². The van der Waals surface area contributed by atoms with Crippen molar-refractivity contribution in [3.63, 3.8) is 0 Å². The first-order valence-electron chi connectivity index (χ1n) is 8.49. The van der Waals surface area contributed by atoms with Crippen LogP contribution in [0.3, 0.4) is 0 Å². The maximum atomic E-state index is 12.3. The van der Waals surface area contributed by atoms with E-state index in [0.29, 0.717) is 45.3 Å². The largest absolute Gasteiger partial charge is 0.444 e. The Morgan fingerprint density at radius 1 is 1.21 bits per heavy atom. The molecule has 0 atom stereocenters. The normalized spacial score (nSPS) is 17.8. The summed E-state index contributed by atoms with van der Waals surface area (Å²) >= 11 is 0. The van der Waals surface area contributed by atoms with Gasteiger partial charge in [0.2, 0.25) is 10.0 Å². The van der Waals surface area contributed by atoms with E-state index in [-0.39, 0.29) is 0 Å². The van der Waals surface area contributed by atoms with Crippen molar-refractivity contribution in [2.45, 2.75) is 76.8 Å². The highest BCUT2D eigenvalue weighted by molar-refractivity contribution is 7.90. The minimum absolute atomic E-state index is 0.318. The highest BCUT2D eigenvalue weighted by atomic mass is 32.2. The van der Waals surface area contributed by atoms with Crippen molar-refractivity contribution in [1.29, 1.82) is 0 Å². The molecular formula is C16H32N2O5S. The Bertz CT molecular complexity index is 512. The molecule has 1 aliphatic heterocycles. The number of ether oxygens (including phenoxy) is 1. The average Bonchev–Trinajstić information content (AvgIpc) is 2.41. The van der Waals surface area contributed by atoms with Crippen molar-refractivity contribution in [1.82, 2.24) is 9.62 Å². The van der Waals surface area contributed by atoms with Crippen LogP contribution in [0.4, 0.5) is 4.79 Å². The Labute approximate surface area is 145 Å². The molecule has 0 radical (unpaired) electrons. The number of rotatable bonds is 6. The van der Waals surface area contributed by atoms with Gasteiger partial charge in [-0.15, -0.1) is 0 Å². The number of amides is 1. The Hall–Kier alpha value is -0.860. The molecule has 1 fully saturated rings. The van der Waals surface area contributed by atoms with Gasteiger partial charge in [-0.2, -0.15) is 0 Å². The molecule has 0 bridgehead atoms. The third-order valence-electron chi connectivity index (χ3n) is 3.80. The lowest BCUT2D eigenvalue weighted by atomic mass is 10.0. The number of likely N-dealkylation sites (tertiary alicyclic amines) is 1. The highest BCUT2D eigenvalue weighted by Gasteiger charge is 2.33. The molecule has 0 saturated carbocycles. The summed E-state index contributed by atoms with van der Waals surface area (Å²) in [5.74, 6) is 0. The second kappa shape index (κ2) is 8.01. The summed E-state index contributed by atoms with van der Waals surface area (Å²) in [6.45, 7) is 9.90. The fourth-order valence-corrected chi connectivity index (χ4v) is 4.02. The van der Waals surface area contributed by atoms with Gasteiger partial charge in [0, 0.05) is 19.6 Å². The summed E-state index contributed by atoms with van der Waals surface area (Å²) < 4.78 is 32.5. The van der Waals surface area contributed by atoms with E-state index in [9.17, 15) is 18.3 Å². The van der Waals surface area contributed by atoms with Crippen LogP contribution < -0.4 is 4.72 Å². The molecule has 1 rings (SSSR count). The number of carbonyl (C=O) groups excluding carboxylic acids is 1. The highest BCUT2D eigenvalue weighted by Crippen LogP contribution is 2.20. The second-order valence-corrected chi connectivity index (χ2v) is 10.1. The van der Waals surface area contributed by atoms with Gasteiger partial charge in [-0.25, -0.2) is 17.9 Å². The van der Waals surface area contributed by atoms with Crippen LogP contribution in [0.1, 0.15) is 60.3 Å². The maximum Gasteiger partial charge on any atom is 0.410 e. The van der Waals surface area contributed by atoms with Gasteiger partial charge in [0.25, 0.3) is 0 Å². The smallest absolute Gasteiger partial charge is 0.410 e. The first kappa shape index (κ1) is 21.2. The molecule has 142 valence electrons. The second-order valence-electron chi connectivity index (χ2n) is 8.02. The summed E-state index contributed by atoms with van der Waals surface area (Å²) in [4.78, 5) is 13.6. The zero-order valence-electron chi connectivity index (χ0n) is 15.5. The molecule has 7 nitrogen and oxygen atoms in total. The van der Waals surface area contributed by atoms with Gasteiger partial charge in [-0.05, 0) is 60.3 Å². The van der Waals surface area contributed by atoms with Crippen LogP contribution in [-0.4, -0.2) is 60.6 Å². The Morgan fingerprint density at radius 3 is 2.21 bits per heavy atom. The van der Waals surface area contributed by atoms with E-state index in [0.717, 1.165) is 0 Å². The quantitative estimate of drug-likeness (QED) is 0.701. The molecular weight excluding hydrogens is 332 g/mol. The molecule has 1 aliphatic rings. The van der Waals surface area contributed by atoms with Crippen molar-refractivity contribution < 1.29 is 23.1 Å². The van der Waals surface area contributed by atoms with Gasteiger partial charge in [0.05, 0.1) is 10.9 Å². The fraction of sp³-hybridized carbons (Fsp3) is 0.938. The molecule has 0 aromatic rings. The number of sulfonamides is 1. The van der Waals surface area contributed by atoms with E-state index in [4.69, 9.17) is 4.74 Å². The van der Waals surface area contributed by atoms with E-state index in [2.05, 4.69) is 4.72 Å². The Kier molecular flexibility index (Phi) is 7.07. The lowest BCUT2D eigenvalue weighted by molar-refractivity contribution is 0.0217. The lowest BCUT2D eigenvalue weighted by Crippen LogP contribution is -2.47. The van der Waals surface area contributed by atoms with Gasteiger partial charge in [-0.1, -0.05) is 0 Å². The van der Waals surface area contributed by atoms with Crippen molar-refractivity contribution in [3.05, 3.63) is 0 Å². The first-order chi connectivity index (χ1) is 10.8. The molecule has 0 aliphatic carbocycles. The fourth-order valence-electron chi connectivity index (χ4n) is 2.53. The molecule has 1 amide bonds. The van der Waals surface area contributed by atoms with Crippen LogP contribution in [0.5, 0.6) is 0 Å². The predicted molar refractivity (Wildman–Crippen MR) is 93.3 cm³/mol. The van der Waals surface area contributed by atoms with Crippen LogP contribution in [0.15, 0.2) is 0 Å². The van der Waals surface area contributed by atoms with Gasteiger partial charge in [0.1, 0.15) is 5.60 Å². The monoisotopic (exact) mass is 364 g/mol. The van der Waals surface area contributed by atoms with E-state index in [1.807, 2.05) is 0 Å². The van der Waals surface area contributed by atoms with Crippen molar-refractivity contribution >= 4 is 16.1 Å². The number of hydrogen-bond donors (Lipinski definition) is 2. The number of hydrogen-bond acceptors (Lipinski definition) is 5. The van der Waals surface area contributed by atoms with Crippen molar-refractivity contribution in [2.24, 2.45) is 0 Å². The summed E-state index contributed by atoms with van der Waals surface area (Å²) in [5.41, 5.74) is -1.34. The molecule has 0 aromatic carbocycles. The van der Waals surface area contributed by atoms with Crippen molar-refractivity contribution in [2.75, 3.05) is 19.6 Å². The predicted octanol–water partition coefficient (Wildman–Crippen LogP) is 1.86. The van der Waals surface area contributed by atoms with E-state index < -0.39 is 32.6 Å². The SMILES string of the molecule is CC(C)(O)CCCNS(=O)(=O)C1CCN(C(=O)OC(C)(C)C)CC1. The zero-order valence-corrected chi connectivity index (χ0v) is 16.3. The third-order valence-corrected chi connectivity index (χ3v) is 5.76.